The number of thiophene rings is 1. The number of hydrogen-bond acceptors (Lipinski definition) is 7. The summed E-state index contributed by atoms with van der Waals surface area (Å²) in [6.07, 6.45) is 3.96. The Hall–Kier alpha value is -3.07. The normalized spacial score (nSPS) is 10.8. The van der Waals surface area contributed by atoms with Gasteiger partial charge in [0.1, 0.15) is 10.8 Å². The van der Waals surface area contributed by atoms with Crippen LogP contribution in [0.25, 0.3) is 0 Å². The smallest absolute Gasteiger partial charge is 0.230 e. The Kier molecular flexibility index (Phi) is 6.38. The van der Waals surface area contributed by atoms with Gasteiger partial charge in [0.25, 0.3) is 0 Å². The van der Waals surface area contributed by atoms with Gasteiger partial charge in [-0.2, -0.15) is 0 Å². The fraction of sp³-hybridized carbons (Fsp3) is 0.190. The first-order valence-electron chi connectivity index (χ1n) is 8.90. The molecule has 2 heterocycles. The highest BCUT2D eigenvalue weighted by molar-refractivity contribution is 7.16. The lowest BCUT2D eigenvalue weighted by Gasteiger charge is -2.27. The predicted molar refractivity (Wildman–Crippen MR) is 113 cm³/mol. The number of ether oxygens (including phenoxy) is 1. The van der Waals surface area contributed by atoms with Crippen molar-refractivity contribution in [3.05, 3.63) is 75.9 Å². The second kappa shape index (κ2) is 8.95. The lowest BCUT2D eigenvalue weighted by molar-refractivity contribution is -0.110. The number of nitrogens with two attached hydrogens (primary N) is 1. The molecule has 29 heavy (non-hydrogen) atoms. The predicted octanol–water partition coefficient (Wildman–Crippen LogP) is 3.25. The minimum atomic E-state index is -0.175. The number of anilines is 1. The summed E-state index contributed by atoms with van der Waals surface area (Å²) in [5.74, 6) is 6.67. The van der Waals surface area contributed by atoms with E-state index in [4.69, 9.17) is 10.6 Å². The third-order valence-electron chi connectivity index (χ3n) is 4.60. The Balaban J connectivity index is 1.97. The zero-order valence-corrected chi connectivity index (χ0v) is 17.3. The Morgan fingerprint density at radius 1 is 1.24 bits per heavy atom. The fourth-order valence-electron chi connectivity index (χ4n) is 2.90. The van der Waals surface area contributed by atoms with Crippen LogP contribution >= 0.6 is 11.3 Å². The molecule has 7 nitrogen and oxygen atoms in total. The standard InChI is InChI=1S/C21H22N4O3S/c1-14-15(2)29-21(19(14)20(27)17-6-8-18(28-3)9-7-17)24(13-26)25(22)12-16-5-4-10-23-11-16/h4-11,13H,12,22H2,1-3H3. The Labute approximate surface area is 173 Å². The number of hydrogen-bond donors (Lipinski definition) is 1. The molecule has 2 N–H and O–H groups in total. The number of hydrazine groups is 2. The lowest BCUT2D eigenvalue weighted by atomic mass is 10.0. The number of nitrogens with zero attached hydrogens (tertiary/aromatic N) is 3. The number of ketones is 1. The van der Waals surface area contributed by atoms with E-state index in [-0.39, 0.29) is 12.3 Å². The van der Waals surface area contributed by atoms with Crippen LogP contribution in [0.3, 0.4) is 0 Å². The van der Waals surface area contributed by atoms with E-state index in [2.05, 4.69) is 4.98 Å². The van der Waals surface area contributed by atoms with Gasteiger partial charge in [-0.15, -0.1) is 16.5 Å². The van der Waals surface area contributed by atoms with Crippen LogP contribution in [0, 0.1) is 13.8 Å². The molecular formula is C21H22N4O3S. The van der Waals surface area contributed by atoms with E-state index in [1.165, 1.54) is 21.5 Å². The number of amides is 1. The van der Waals surface area contributed by atoms with Gasteiger partial charge in [-0.05, 0) is 55.3 Å². The van der Waals surface area contributed by atoms with Gasteiger partial charge < -0.3 is 4.74 Å². The van der Waals surface area contributed by atoms with Crippen molar-refractivity contribution in [2.75, 3.05) is 12.1 Å². The highest BCUT2D eigenvalue weighted by Gasteiger charge is 2.27. The van der Waals surface area contributed by atoms with Gasteiger partial charge in [-0.3, -0.25) is 14.6 Å². The third kappa shape index (κ3) is 4.34. The zero-order chi connectivity index (χ0) is 21.0. The number of aromatic nitrogens is 1. The molecule has 0 bridgehead atoms. The minimum Gasteiger partial charge on any atom is -0.497 e. The number of aryl methyl sites for hydroxylation is 1. The summed E-state index contributed by atoms with van der Waals surface area (Å²) in [5, 5.41) is 3.04. The number of methoxy groups -OCH3 is 1. The molecule has 1 aromatic carbocycles. The van der Waals surface area contributed by atoms with E-state index < -0.39 is 0 Å². The molecule has 1 amide bonds. The molecule has 0 saturated heterocycles. The SMILES string of the molecule is COc1ccc(C(=O)c2c(N(C=O)N(N)Cc3cccnc3)sc(C)c2C)cc1. The Morgan fingerprint density at radius 3 is 2.55 bits per heavy atom. The van der Waals surface area contributed by atoms with Crippen LogP contribution < -0.4 is 15.6 Å². The van der Waals surface area contributed by atoms with Gasteiger partial charge >= 0.3 is 0 Å². The molecule has 3 rings (SSSR count). The molecule has 0 aliphatic rings. The molecule has 0 aliphatic heterocycles. The van der Waals surface area contributed by atoms with Crippen molar-refractivity contribution in [2.45, 2.75) is 20.4 Å². The van der Waals surface area contributed by atoms with Crippen LogP contribution in [0.4, 0.5) is 5.00 Å². The molecule has 0 unspecified atom stereocenters. The largest absolute Gasteiger partial charge is 0.497 e. The van der Waals surface area contributed by atoms with Crippen molar-refractivity contribution < 1.29 is 14.3 Å². The number of pyridine rings is 1. The maximum absolute atomic E-state index is 13.3. The Bertz CT molecular complexity index is 1000. The van der Waals surface area contributed by atoms with E-state index in [9.17, 15) is 9.59 Å². The molecule has 0 spiro atoms. The lowest BCUT2D eigenvalue weighted by Crippen LogP contribution is -2.46. The van der Waals surface area contributed by atoms with Crippen molar-refractivity contribution >= 4 is 28.5 Å². The van der Waals surface area contributed by atoms with E-state index in [1.807, 2.05) is 19.9 Å². The van der Waals surface area contributed by atoms with E-state index in [1.54, 1.807) is 49.8 Å². The van der Waals surface area contributed by atoms with Crippen LogP contribution in [-0.2, 0) is 11.3 Å². The summed E-state index contributed by atoms with van der Waals surface area (Å²) in [7, 11) is 1.57. The summed E-state index contributed by atoms with van der Waals surface area (Å²) >= 11 is 1.36. The quantitative estimate of drug-likeness (QED) is 0.265. The first kappa shape index (κ1) is 20.7. The van der Waals surface area contributed by atoms with Gasteiger partial charge in [0.2, 0.25) is 6.41 Å². The third-order valence-corrected chi connectivity index (χ3v) is 5.79. The number of carbonyl (C=O) groups is 2. The number of carbonyl (C=O) groups excluding carboxylic acids is 2. The maximum atomic E-state index is 13.3. The van der Waals surface area contributed by atoms with Gasteiger partial charge in [-0.1, -0.05) is 6.07 Å². The molecule has 150 valence electrons. The summed E-state index contributed by atoms with van der Waals surface area (Å²) in [6.45, 7) is 4.05. The molecule has 8 heteroatoms. The molecular weight excluding hydrogens is 388 g/mol. The summed E-state index contributed by atoms with van der Waals surface area (Å²) < 4.78 is 5.16. The van der Waals surface area contributed by atoms with Gasteiger partial charge in [-0.25, -0.2) is 10.9 Å². The fourth-order valence-corrected chi connectivity index (χ4v) is 4.04. The summed E-state index contributed by atoms with van der Waals surface area (Å²) in [6, 6.07) is 10.5. The van der Waals surface area contributed by atoms with Crippen molar-refractivity contribution in [3.8, 4) is 5.75 Å². The molecule has 2 aromatic heterocycles. The Morgan fingerprint density at radius 2 is 1.97 bits per heavy atom. The molecule has 0 atom stereocenters. The van der Waals surface area contributed by atoms with E-state index in [0.717, 1.165) is 16.0 Å². The topological polar surface area (TPSA) is 88.8 Å². The van der Waals surface area contributed by atoms with Crippen LogP contribution in [0.15, 0.2) is 48.8 Å². The molecule has 3 aromatic rings. The first-order valence-corrected chi connectivity index (χ1v) is 9.72. The number of rotatable bonds is 8. The van der Waals surface area contributed by atoms with Crippen LogP contribution in [0.1, 0.15) is 31.9 Å². The van der Waals surface area contributed by atoms with E-state index >= 15 is 0 Å². The highest BCUT2D eigenvalue weighted by Crippen LogP contribution is 2.37. The monoisotopic (exact) mass is 410 g/mol. The minimum absolute atomic E-state index is 0.175. The molecule has 0 fully saturated rings. The highest BCUT2D eigenvalue weighted by atomic mass is 32.1. The van der Waals surface area contributed by atoms with E-state index in [0.29, 0.717) is 28.3 Å². The number of benzene rings is 1. The first-order chi connectivity index (χ1) is 14.0. The van der Waals surface area contributed by atoms with Gasteiger partial charge in [0, 0.05) is 22.8 Å². The average molecular weight is 410 g/mol. The van der Waals surface area contributed by atoms with Crippen LogP contribution in [0.2, 0.25) is 0 Å². The summed E-state index contributed by atoms with van der Waals surface area (Å²) in [5.41, 5.74) is 2.64. The van der Waals surface area contributed by atoms with Crippen molar-refractivity contribution in [1.82, 2.24) is 10.1 Å². The molecule has 0 radical (unpaired) electrons. The zero-order valence-electron chi connectivity index (χ0n) is 16.5. The second-order valence-electron chi connectivity index (χ2n) is 6.43. The van der Waals surface area contributed by atoms with Crippen molar-refractivity contribution in [3.63, 3.8) is 0 Å². The van der Waals surface area contributed by atoms with Crippen LogP contribution in [-0.4, -0.2) is 29.4 Å². The van der Waals surface area contributed by atoms with Gasteiger partial charge in [0.15, 0.2) is 5.78 Å². The van der Waals surface area contributed by atoms with Crippen LogP contribution in [0.5, 0.6) is 5.75 Å². The second-order valence-corrected chi connectivity index (χ2v) is 7.63. The summed E-state index contributed by atoms with van der Waals surface area (Å²) in [4.78, 5) is 30.2. The average Bonchev–Trinajstić information content (AvgIpc) is 3.03. The van der Waals surface area contributed by atoms with Gasteiger partial charge in [0.05, 0.1) is 19.2 Å². The van der Waals surface area contributed by atoms with Crippen molar-refractivity contribution in [2.24, 2.45) is 5.84 Å². The molecule has 0 saturated carbocycles. The van der Waals surface area contributed by atoms with Crippen molar-refractivity contribution in [1.29, 1.82) is 0 Å². The molecule has 0 aliphatic carbocycles. The maximum Gasteiger partial charge on any atom is 0.230 e.